The minimum absolute atomic E-state index is 0.0167. The largest absolute Gasteiger partial charge is 0.508 e. The lowest BCUT2D eigenvalue weighted by Crippen LogP contribution is -2.07. The smallest absolute Gasteiger partial charge is 0.387 e. The van der Waals surface area contributed by atoms with Gasteiger partial charge >= 0.3 is 6.61 Å². The number of phenols is 2. The van der Waals surface area contributed by atoms with Crippen molar-refractivity contribution in [3.05, 3.63) is 48.0 Å². The summed E-state index contributed by atoms with van der Waals surface area (Å²) in [6.45, 7) is -1.02. The first-order valence-electron chi connectivity index (χ1n) is 6.29. The normalized spacial score (nSPS) is 12.2. The maximum atomic E-state index is 12.0. The summed E-state index contributed by atoms with van der Waals surface area (Å²) in [5.41, 5.74) is 1.30. The number of hydrogen-bond donors (Lipinski definition) is 3. The molecule has 0 fully saturated rings. The zero-order valence-electron chi connectivity index (χ0n) is 11.3. The summed E-state index contributed by atoms with van der Waals surface area (Å²) >= 11 is 0. The lowest BCUT2D eigenvalue weighted by molar-refractivity contribution is -0.0498. The van der Waals surface area contributed by atoms with Crippen molar-refractivity contribution < 1.29 is 23.7 Å². The number of halogens is 2. The number of anilines is 1. The number of rotatable bonds is 5. The number of nitrogens with one attached hydrogen (secondary N) is 1. The Kier molecular flexibility index (Phi) is 4.47. The van der Waals surface area contributed by atoms with Crippen molar-refractivity contribution in [2.24, 2.45) is 0 Å². The minimum atomic E-state index is -2.85. The van der Waals surface area contributed by atoms with Gasteiger partial charge in [-0.05, 0) is 43.3 Å². The molecule has 2 aromatic rings. The molecule has 4 nitrogen and oxygen atoms in total. The molecule has 0 aliphatic carbocycles. The average molecular weight is 295 g/mol. The van der Waals surface area contributed by atoms with E-state index in [9.17, 15) is 19.0 Å². The molecule has 0 amide bonds. The Hall–Kier alpha value is -2.50. The van der Waals surface area contributed by atoms with Crippen LogP contribution in [-0.4, -0.2) is 16.8 Å². The predicted molar refractivity (Wildman–Crippen MR) is 74.9 cm³/mol. The van der Waals surface area contributed by atoms with E-state index in [1.807, 2.05) is 6.92 Å². The van der Waals surface area contributed by atoms with Crippen LogP contribution in [-0.2, 0) is 0 Å². The maximum absolute atomic E-state index is 12.0. The molecule has 0 bridgehead atoms. The van der Waals surface area contributed by atoms with Gasteiger partial charge in [0, 0.05) is 17.3 Å². The summed E-state index contributed by atoms with van der Waals surface area (Å²) in [7, 11) is 0. The number of ether oxygens (including phenoxy) is 1. The van der Waals surface area contributed by atoms with Crippen molar-refractivity contribution in [3.63, 3.8) is 0 Å². The second kappa shape index (κ2) is 6.30. The Bertz CT molecular complexity index is 602. The van der Waals surface area contributed by atoms with Crippen LogP contribution < -0.4 is 10.1 Å². The third-order valence-corrected chi connectivity index (χ3v) is 2.94. The molecule has 21 heavy (non-hydrogen) atoms. The Morgan fingerprint density at radius 1 is 1.05 bits per heavy atom. The number of benzene rings is 2. The molecule has 0 saturated carbocycles. The molecule has 112 valence electrons. The van der Waals surface area contributed by atoms with E-state index in [0.29, 0.717) is 11.3 Å². The molecule has 0 aliphatic heterocycles. The highest BCUT2D eigenvalue weighted by Gasteiger charge is 2.11. The van der Waals surface area contributed by atoms with Crippen LogP contribution in [0.2, 0.25) is 0 Å². The van der Waals surface area contributed by atoms with Crippen molar-refractivity contribution >= 4 is 5.69 Å². The van der Waals surface area contributed by atoms with E-state index in [0.717, 1.165) is 0 Å². The molecular formula is C15H15F2NO3. The van der Waals surface area contributed by atoms with Gasteiger partial charge in [0.05, 0.1) is 6.04 Å². The molecule has 0 spiro atoms. The molecule has 6 heteroatoms. The lowest BCUT2D eigenvalue weighted by Gasteiger charge is -2.17. The van der Waals surface area contributed by atoms with Crippen LogP contribution >= 0.6 is 0 Å². The van der Waals surface area contributed by atoms with E-state index >= 15 is 0 Å². The van der Waals surface area contributed by atoms with Crippen LogP contribution in [0, 0.1) is 0 Å². The molecule has 2 aromatic carbocycles. The highest BCUT2D eigenvalue weighted by molar-refractivity contribution is 5.50. The first-order valence-corrected chi connectivity index (χ1v) is 6.29. The third kappa shape index (κ3) is 3.98. The fourth-order valence-electron chi connectivity index (χ4n) is 1.96. The highest BCUT2D eigenvalue weighted by atomic mass is 19.3. The fraction of sp³-hybridized carbons (Fsp3) is 0.200. The van der Waals surface area contributed by atoms with Gasteiger partial charge in [-0.3, -0.25) is 0 Å². The van der Waals surface area contributed by atoms with E-state index < -0.39 is 6.61 Å². The Labute approximate surface area is 120 Å². The van der Waals surface area contributed by atoms with E-state index in [1.54, 1.807) is 18.2 Å². The van der Waals surface area contributed by atoms with Crippen LogP contribution in [0.15, 0.2) is 42.5 Å². The van der Waals surface area contributed by atoms with Gasteiger partial charge in [-0.2, -0.15) is 8.78 Å². The quantitative estimate of drug-likeness (QED) is 0.783. The van der Waals surface area contributed by atoms with E-state index in [2.05, 4.69) is 10.1 Å². The van der Waals surface area contributed by atoms with Crippen molar-refractivity contribution in [1.29, 1.82) is 0 Å². The molecule has 0 aromatic heterocycles. The van der Waals surface area contributed by atoms with Gasteiger partial charge in [-0.1, -0.05) is 0 Å². The Morgan fingerprint density at radius 2 is 1.71 bits per heavy atom. The number of phenolic OH excluding ortho intramolecular Hbond substituents is 2. The van der Waals surface area contributed by atoms with Gasteiger partial charge < -0.3 is 20.3 Å². The van der Waals surface area contributed by atoms with E-state index in [4.69, 9.17) is 0 Å². The molecule has 0 saturated heterocycles. The highest BCUT2D eigenvalue weighted by Crippen LogP contribution is 2.30. The lowest BCUT2D eigenvalue weighted by atomic mass is 10.1. The monoisotopic (exact) mass is 295 g/mol. The maximum Gasteiger partial charge on any atom is 0.387 e. The van der Waals surface area contributed by atoms with E-state index in [-0.39, 0.29) is 23.3 Å². The van der Waals surface area contributed by atoms with Crippen LogP contribution in [0.3, 0.4) is 0 Å². The van der Waals surface area contributed by atoms with Crippen molar-refractivity contribution in [2.75, 3.05) is 5.32 Å². The standard InChI is InChI=1S/C15H15F2NO3/c1-9(13-7-4-11(19)8-14(13)20)18-10-2-5-12(6-3-10)21-15(16)17/h2-9,15,18-20H,1H3. The molecule has 1 unspecified atom stereocenters. The van der Waals surface area contributed by atoms with Crippen molar-refractivity contribution in [2.45, 2.75) is 19.6 Å². The molecule has 0 radical (unpaired) electrons. The predicted octanol–water partition coefficient (Wildman–Crippen LogP) is 3.87. The van der Waals surface area contributed by atoms with Crippen molar-refractivity contribution in [3.8, 4) is 17.2 Å². The van der Waals surface area contributed by atoms with E-state index in [1.165, 1.54) is 24.3 Å². The molecule has 2 rings (SSSR count). The summed E-state index contributed by atoms with van der Waals surface area (Å²) in [6, 6.07) is 10.2. The van der Waals surface area contributed by atoms with Gasteiger partial charge in [-0.25, -0.2) is 0 Å². The second-order valence-electron chi connectivity index (χ2n) is 4.51. The fourth-order valence-corrected chi connectivity index (χ4v) is 1.96. The van der Waals surface area contributed by atoms with Crippen molar-refractivity contribution in [1.82, 2.24) is 0 Å². The first kappa shape index (κ1) is 14.9. The molecule has 0 heterocycles. The van der Waals surface area contributed by atoms with Crippen LogP contribution in [0.25, 0.3) is 0 Å². The summed E-state index contributed by atoms with van der Waals surface area (Å²) in [5, 5.41) is 22.1. The van der Waals surface area contributed by atoms with Gasteiger partial charge in [0.2, 0.25) is 0 Å². The zero-order valence-corrected chi connectivity index (χ0v) is 11.3. The zero-order chi connectivity index (χ0) is 15.4. The topological polar surface area (TPSA) is 61.7 Å². The summed E-state index contributed by atoms with van der Waals surface area (Å²) in [4.78, 5) is 0. The van der Waals surface area contributed by atoms with Gasteiger partial charge in [-0.15, -0.1) is 0 Å². The summed E-state index contributed by atoms with van der Waals surface area (Å²) in [5.74, 6) is 0.0419. The van der Waals surface area contributed by atoms with Crippen LogP contribution in [0.4, 0.5) is 14.5 Å². The molecular weight excluding hydrogens is 280 g/mol. The van der Waals surface area contributed by atoms with Gasteiger partial charge in [0.1, 0.15) is 17.2 Å². The number of alkyl halides is 2. The molecule has 0 aliphatic rings. The SMILES string of the molecule is CC(Nc1ccc(OC(F)F)cc1)c1ccc(O)cc1O. The van der Waals surface area contributed by atoms with Crippen LogP contribution in [0.1, 0.15) is 18.5 Å². The summed E-state index contributed by atoms with van der Waals surface area (Å²) < 4.78 is 28.3. The Balaban J connectivity index is 2.06. The minimum Gasteiger partial charge on any atom is -0.508 e. The van der Waals surface area contributed by atoms with Gasteiger partial charge in [0.25, 0.3) is 0 Å². The molecule has 1 atom stereocenters. The number of hydrogen-bond acceptors (Lipinski definition) is 4. The first-order chi connectivity index (χ1) is 9.95. The third-order valence-electron chi connectivity index (χ3n) is 2.94. The molecule has 3 N–H and O–H groups in total. The second-order valence-corrected chi connectivity index (χ2v) is 4.51. The Morgan fingerprint density at radius 3 is 2.29 bits per heavy atom. The summed E-state index contributed by atoms with van der Waals surface area (Å²) in [6.07, 6.45) is 0. The average Bonchev–Trinajstić information content (AvgIpc) is 2.40. The number of aromatic hydroxyl groups is 2. The van der Waals surface area contributed by atoms with Crippen LogP contribution in [0.5, 0.6) is 17.2 Å². The van der Waals surface area contributed by atoms with Gasteiger partial charge in [0.15, 0.2) is 0 Å².